The molecule has 5 N–H and O–H groups in total. The normalized spacial score (nSPS) is 21.7. The number of aromatic nitrogens is 1. The van der Waals surface area contributed by atoms with Gasteiger partial charge < -0.3 is 31.0 Å². The van der Waals surface area contributed by atoms with Crippen LogP contribution >= 0.6 is 23.2 Å². The molecule has 1 aliphatic carbocycles. The van der Waals surface area contributed by atoms with Gasteiger partial charge in [-0.05, 0) is 91.7 Å². The predicted molar refractivity (Wildman–Crippen MR) is 190 cm³/mol. The minimum absolute atomic E-state index is 0.116. The van der Waals surface area contributed by atoms with Gasteiger partial charge >= 0.3 is 6.36 Å². The molecule has 4 aromatic rings. The van der Waals surface area contributed by atoms with Crippen molar-refractivity contribution in [2.24, 2.45) is 17.6 Å². The lowest BCUT2D eigenvalue weighted by Crippen LogP contribution is -2.59. The Balaban J connectivity index is 1.02. The zero-order valence-electron chi connectivity index (χ0n) is 27.5. The minimum Gasteiger partial charge on any atom is -0.406 e. The molecule has 50 heavy (non-hydrogen) atoms. The Morgan fingerprint density at radius 2 is 1.72 bits per heavy atom. The Morgan fingerprint density at radius 1 is 1.02 bits per heavy atom. The number of nitrogens with two attached hydrogens (primary N) is 1. The number of hydrogen-bond acceptors (Lipinski definition) is 6. The molecule has 3 aliphatic rings. The van der Waals surface area contributed by atoms with Crippen molar-refractivity contribution in [3.8, 4) is 16.9 Å². The average Bonchev–Trinajstić information content (AvgIpc) is 3.35. The van der Waals surface area contributed by atoms with Crippen LogP contribution in [-0.2, 0) is 24.4 Å². The third-order valence-corrected chi connectivity index (χ3v) is 11.1. The van der Waals surface area contributed by atoms with E-state index >= 15 is 0 Å². The molecule has 3 heterocycles. The molecule has 2 unspecified atom stereocenters. The van der Waals surface area contributed by atoms with E-state index in [1.54, 1.807) is 12.1 Å². The van der Waals surface area contributed by atoms with Gasteiger partial charge in [-0.15, -0.1) is 13.2 Å². The van der Waals surface area contributed by atoms with E-state index in [0.29, 0.717) is 66.8 Å². The summed E-state index contributed by atoms with van der Waals surface area (Å²) in [5.74, 6) is 0.787. The van der Waals surface area contributed by atoms with Gasteiger partial charge in [-0.25, -0.2) is 0 Å². The number of alkyl halides is 3. The molecule has 3 aromatic carbocycles. The lowest BCUT2D eigenvalue weighted by atomic mass is 9.88. The summed E-state index contributed by atoms with van der Waals surface area (Å²) in [4.78, 5) is 15.3. The number of ether oxygens (including phenoxy) is 1. The molecule has 1 aromatic heterocycles. The average molecular weight is 730 g/mol. The summed E-state index contributed by atoms with van der Waals surface area (Å²) < 4.78 is 44.7. The van der Waals surface area contributed by atoms with Crippen molar-refractivity contribution in [2.45, 2.75) is 56.8 Å². The number of halogens is 5. The molecule has 2 atom stereocenters. The molecule has 7 rings (SSSR count). The number of nitrogens with zero attached hydrogens (tertiary/aromatic N) is 2. The first-order valence-corrected chi connectivity index (χ1v) is 17.9. The second-order valence-corrected chi connectivity index (χ2v) is 14.6. The number of piperidine rings is 2. The molecule has 1 saturated carbocycles. The van der Waals surface area contributed by atoms with Gasteiger partial charge in [-0.3, -0.25) is 9.69 Å². The summed E-state index contributed by atoms with van der Waals surface area (Å²) in [7, 11) is 0. The number of carbonyl (C=O) groups excluding carboxylic acids is 1. The monoisotopic (exact) mass is 728 g/mol. The maximum Gasteiger partial charge on any atom is 0.573 e. The van der Waals surface area contributed by atoms with Gasteiger partial charge in [0.1, 0.15) is 5.75 Å². The Bertz CT molecular complexity index is 1810. The zero-order valence-corrected chi connectivity index (χ0v) is 29.1. The highest BCUT2D eigenvalue weighted by molar-refractivity contribution is 6.36. The summed E-state index contributed by atoms with van der Waals surface area (Å²) >= 11 is 12.7. The zero-order chi connectivity index (χ0) is 35.0. The Labute approximate surface area is 299 Å². The van der Waals surface area contributed by atoms with Crippen LogP contribution in [0.15, 0.2) is 66.9 Å². The van der Waals surface area contributed by atoms with Crippen molar-refractivity contribution in [2.75, 3.05) is 32.7 Å². The number of carbonyl (C=O) groups is 1. The molecular weight excluding hydrogens is 688 g/mol. The van der Waals surface area contributed by atoms with Crippen molar-refractivity contribution in [3.63, 3.8) is 0 Å². The number of likely N-dealkylation sites (tertiary alicyclic amines) is 1. The molecule has 2 aliphatic heterocycles. The highest BCUT2D eigenvalue weighted by Crippen LogP contribution is 2.46. The van der Waals surface area contributed by atoms with Gasteiger partial charge in [0, 0.05) is 83.6 Å². The summed E-state index contributed by atoms with van der Waals surface area (Å²) in [5.41, 5.74) is 10.4. The van der Waals surface area contributed by atoms with E-state index in [2.05, 4.69) is 48.4 Å². The van der Waals surface area contributed by atoms with Crippen LogP contribution in [0.4, 0.5) is 13.2 Å². The molecule has 13 heteroatoms. The molecule has 0 bridgehead atoms. The van der Waals surface area contributed by atoms with E-state index in [1.807, 2.05) is 24.4 Å². The fourth-order valence-corrected chi connectivity index (χ4v) is 8.18. The lowest BCUT2D eigenvalue weighted by Gasteiger charge is -2.32. The third-order valence-electron chi connectivity index (χ3n) is 10.4. The van der Waals surface area contributed by atoms with Crippen molar-refractivity contribution < 1.29 is 22.7 Å². The summed E-state index contributed by atoms with van der Waals surface area (Å²) in [6.45, 7) is 6.03. The van der Waals surface area contributed by atoms with Crippen molar-refractivity contribution in [1.82, 2.24) is 25.4 Å². The van der Waals surface area contributed by atoms with E-state index in [1.165, 1.54) is 17.7 Å². The molecule has 1 amide bonds. The van der Waals surface area contributed by atoms with Crippen LogP contribution < -0.4 is 26.4 Å². The standard InChI is InChI=1S/C37H41Cl2F3N6O2/c38-31-3-1-4-32(39)27(31)18-46-34-29-20-47(21-30(29)34)19-23-5-10-33-26(17-23)28(24-6-8-25(9-7-24)50-37(40,41)42)22-48(33)16-2-13-45-35(49)36(43)11-14-44-15-12-36/h1,3-10,17,22,29-30,34,44,46H,2,11-16,18-21,43H2,(H,45,49). The first-order chi connectivity index (χ1) is 24.0. The SMILES string of the molecule is NC1(C(=O)NCCCn2cc(-c3ccc(OC(F)(F)F)cc3)c3cc(CN4CC5C(C4)C5NCc4c(Cl)cccc4Cl)ccc32)CCNCC1. The number of hydrogen-bond donors (Lipinski definition) is 4. The smallest absolute Gasteiger partial charge is 0.406 e. The van der Waals surface area contributed by atoms with Crippen molar-refractivity contribution in [1.29, 1.82) is 0 Å². The third kappa shape index (κ3) is 7.78. The van der Waals surface area contributed by atoms with E-state index in [9.17, 15) is 18.0 Å². The van der Waals surface area contributed by atoms with Gasteiger partial charge in [0.05, 0.1) is 5.54 Å². The predicted octanol–water partition coefficient (Wildman–Crippen LogP) is 6.32. The molecule has 0 radical (unpaired) electrons. The maximum absolute atomic E-state index is 12.8. The number of amides is 1. The van der Waals surface area contributed by atoms with Crippen LogP contribution in [0, 0.1) is 11.8 Å². The van der Waals surface area contributed by atoms with Gasteiger partial charge in [-0.1, -0.05) is 47.5 Å². The number of benzene rings is 3. The molecule has 266 valence electrons. The minimum atomic E-state index is -4.76. The summed E-state index contributed by atoms with van der Waals surface area (Å²) in [6, 6.07) is 18.5. The first kappa shape index (κ1) is 35.1. The van der Waals surface area contributed by atoms with Gasteiger partial charge in [-0.2, -0.15) is 0 Å². The number of aryl methyl sites for hydroxylation is 1. The second-order valence-electron chi connectivity index (χ2n) is 13.8. The summed E-state index contributed by atoms with van der Waals surface area (Å²) in [5, 5.41) is 12.3. The van der Waals surface area contributed by atoms with Crippen LogP contribution in [0.25, 0.3) is 22.0 Å². The molecule has 2 saturated heterocycles. The topological polar surface area (TPSA) is 96.6 Å². The quantitative estimate of drug-likeness (QED) is 0.128. The fourth-order valence-electron chi connectivity index (χ4n) is 7.65. The number of fused-ring (bicyclic) bond motifs is 2. The highest BCUT2D eigenvalue weighted by Gasteiger charge is 2.55. The van der Waals surface area contributed by atoms with Crippen LogP contribution in [-0.4, -0.2) is 66.0 Å². The van der Waals surface area contributed by atoms with E-state index in [4.69, 9.17) is 28.9 Å². The first-order valence-electron chi connectivity index (χ1n) is 17.1. The van der Waals surface area contributed by atoms with Gasteiger partial charge in [0.15, 0.2) is 0 Å². The van der Waals surface area contributed by atoms with Crippen LogP contribution in [0.2, 0.25) is 10.0 Å². The van der Waals surface area contributed by atoms with Crippen LogP contribution in [0.1, 0.15) is 30.4 Å². The fraction of sp³-hybridized carbons (Fsp3) is 0.432. The highest BCUT2D eigenvalue weighted by atomic mass is 35.5. The van der Waals surface area contributed by atoms with E-state index in [0.717, 1.165) is 60.3 Å². The molecule has 0 spiro atoms. The Morgan fingerprint density at radius 3 is 2.40 bits per heavy atom. The number of rotatable bonds is 12. The van der Waals surface area contributed by atoms with Crippen LogP contribution in [0.3, 0.4) is 0 Å². The van der Waals surface area contributed by atoms with Gasteiger partial charge in [0.25, 0.3) is 0 Å². The van der Waals surface area contributed by atoms with E-state index < -0.39 is 11.9 Å². The Kier molecular flexibility index (Phi) is 10.1. The maximum atomic E-state index is 12.8. The molecule has 8 nitrogen and oxygen atoms in total. The van der Waals surface area contributed by atoms with E-state index in [-0.39, 0.29) is 11.7 Å². The number of nitrogens with one attached hydrogen (secondary N) is 3. The second kappa shape index (κ2) is 14.4. The largest absolute Gasteiger partial charge is 0.573 e. The van der Waals surface area contributed by atoms with Crippen LogP contribution in [0.5, 0.6) is 5.75 Å². The molecular formula is C37H41Cl2F3N6O2. The Hall–Kier alpha value is -3.32. The molecule has 3 fully saturated rings. The van der Waals surface area contributed by atoms with Gasteiger partial charge in [0.2, 0.25) is 5.91 Å². The summed E-state index contributed by atoms with van der Waals surface area (Å²) in [6.07, 6.45) is -0.810. The lowest BCUT2D eigenvalue weighted by molar-refractivity contribution is -0.274. The van der Waals surface area contributed by atoms with Crippen molar-refractivity contribution in [3.05, 3.63) is 88.0 Å². The van der Waals surface area contributed by atoms with Crippen molar-refractivity contribution >= 4 is 40.0 Å².